The van der Waals surface area contributed by atoms with Gasteiger partial charge in [-0.1, -0.05) is 20.8 Å². The Labute approximate surface area is 214 Å². The second kappa shape index (κ2) is 10.7. The maximum Gasteiger partial charge on any atom is 0.305 e. The van der Waals surface area contributed by atoms with E-state index in [9.17, 15) is 19.2 Å². The molecule has 0 bridgehead atoms. The zero-order valence-corrected chi connectivity index (χ0v) is 22.1. The van der Waals surface area contributed by atoms with Crippen molar-refractivity contribution >= 4 is 25.4 Å². The summed E-state index contributed by atoms with van der Waals surface area (Å²) in [5.74, 6) is 1.29. The van der Waals surface area contributed by atoms with E-state index in [1.54, 1.807) is 0 Å². The average Bonchev–Trinajstić information content (AvgIpc) is 3.22. The number of ether oxygens (including phenoxy) is 4. The van der Waals surface area contributed by atoms with Crippen LogP contribution in [0.15, 0.2) is 0 Å². The lowest BCUT2D eigenvalue weighted by Gasteiger charge is -2.64. The molecule has 0 heterocycles. The van der Waals surface area contributed by atoms with Crippen molar-refractivity contribution in [3.63, 3.8) is 0 Å². The van der Waals surface area contributed by atoms with Gasteiger partial charge in [-0.3, -0.25) is 19.2 Å². The third-order valence-corrected chi connectivity index (χ3v) is 11.2. The second-order valence-corrected chi connectivity index (χ2v) is 12.2. The van der Waals surface area contributed by atoms with Crippen molar-refractivity contribution in [1.29, 1.82) is 0 Å². The van der Waals surface area contributed by atoms with Gasteiger partial charge in [-0.15, -0.1) is 0 Å². The van der Waals surface area contributed by atoms with Crippen LogP contribution in [-0.2, 0) is 38.1 Å². The second-order valence-electron chi connectivity index (χ2n) is 12.2. The van der Waals surface area contributed by atoms with Crippen LogP contribution in [0.2, 0.25) is 0 Å². The highest BCUT2D eigenvalue weighted by Gasteiger charge is 2.67. The number of hydrogen-bond donors (Lipinski definition) is 0. The van der Waals surface area contributed by atoms with E-state index in [1.165, 1.54) is 7.11 Å². The van der Waals surface area contributed by atoms with Gasteiger partial charge in [0.1, 0.15) is 18.3 Å². The van der Waals surface area contributed by atoms with Crippen LogP contribution in [0.4, 0.5) is 0 Å². The minimum absolute atomic E-state index is 0.00341. The minimum atomic E-state index is -0.261. The van der Waals surface area contributed by atoms with Crippen LogP contribution in [0.25, 0.3) is 0 Å². The van der Waals surface area contributed by atoms with E-state index in [0.29, 0.717) is 25.8 Å². The molecule has 0 amide bonds. The number of hydrogen-bond acceptors (Lipinski definition) is 8. The van der Waals surface area contributed by atoms with Crippen molar-refractivity contribution in [3.05, 3.63) is 0 Å². The highest BCUT2D eigenvalue weighted by molar-refractivity contribution is 5.69. The van der Waals surface area contributed by atoms with Crippen molar-refractivity contribution in [2.24, 2.45) is 46.3 Å². The number of carbonyl (C=O) groups excluding carboxylic acids is 4. The fourth-order valence-electron chi connectivity index (χ4n) is 9.40. The Hall–Kier alpha value is -2.12. The largest absolute Gasteiger partial charge is 0.469 e. The van der Waals surface area contributed by atoms with Gasteiger partial charge in [-0.05, 0) is 86.4 Å². The van der Waals surface area contributed by atoms with E-state index in [4.69, 9.17) is 18.9 Å². The zero-order valence-electron chi connectivity index (χ0n) is 22.1. The third kappa shape index (κ3) is 4.43. The molecule has 0 aliphatic heterocycles. The number of methoxy groups -OCH3 is 1. The fraction of sp³-hybridized carbons (Fsp3) is 0.857. The predicted octanol–water partition coefficient (Wildman–Crippen LogP) is 4.08. The molecule has 8 nitrogen and oxygen atoms in total. The maximum absolute atomic E-state index is 11.8. The lowest BCUT2D eigenvalue weighted by molar-refractivity contribution is -0.218. The van der Waals surface area contributed by atoms with E-state index in [-0.39, 0.29) is 70.6 Å². The summed E-state index contributed by atoms with van der Waals surface area (Å²) in [4.78, 5) is 46.2. The highest BCUT2D eigenvalue weighted by atomic mass is 16.5. The van der Waals surface area contributed by atoms with Crippen molar-refractivity contribution in [3.8, 4) is 0 Å². The predicted molar refractivity (Wildman–Crippen MR) is 129 cm³/mol. The van der Waals surface area contributed by atoms with Crippen molar-refractivity contribution < 1.29 is 38.1 Å². The molecule has 0 radical (unpaired) electrons. The zero-order chi connectivity index (χ0) is 26.1. The number of rotatable bonds is 10. The van der Waals surface area contributed by atoms with E-state index in [0.717, 1.165) is 51.4 Å². The molecule has 4 aliphatic rings. The molecule has 11 atom stereocenters. The van der Waals surface area contributed by atoms with Gasteiger partial charge in [0, 0.05) is 17.8 Å². The van der Waals surface area contributed by atoms with Gasteiger partial charge >= 0.3 is 5.97 Å². The molecule has 0 spiro atoms. The average molecular weight is 507 g/mol. The molecule has 202 valence electrons. The summed E-state index contributed by atoms with van der Waals surface area (Å²) in [6.45, 7) is 8.52. The summed E-state index contributed by atoms with van der Waals surface area (Å²) in [7, 11) is 1.41. The maximum atomic E-state index is 11.8. The number of fused-ring (bicyclic) bond motifs is 5. The lowest BCUT2D eigenvalue weighted by atomic mass is 9.43. The highest BCUT2D eigenvalue weighted by Crippen LogP contribution is 2.69. The minimum Gasteiger partial charge on any atom is -0.469 e. The summed E-state index contributed by atoms with van der Waals surface area (Å²) >= 11 is 0. The topological polar surface area (TPSA) is 105 Å². The Morgan fingerprint density at radius 1 is 0.944 bits per heavy atom. The molecule has 11 unspecified atom stereocenters. The van der Waals surface area contributed by atoms with Crippen LogP contribution >= 0.6 is 0 Å². The van der Waals surface area contributed by atoms with Gasteiger partial charge in [-0.2, -0.15) is 0 Å². The molecule has 0 N–H and O–H groups in total. The Bertz CT molecular complexity index is 830. The molecule has 4 saturated carbocycles. The Kier molecular flexibility index (Phi) is 8.01. The normalized spacial score (nSPS) is 44.1. The first-order valence-electron chi connectivity index (χ1n) is 13.6. The molecular weight excluding hydrogens is 464 g/mol. The molecule has 4 rings (SSSR count). The molecular formula is C28H42O8. The van der Waals surface area contributed by atoms with Gasteiger partial charge in [0.05, 0.1) is 7.11 Å². The summed E-state index contributed by atoms with van der Waals surface area (Å²) in [6, 6.07) is 0. The lowest BCUT2D eigenvalue weighted by Crippen LogP contribution is -2.63. The smallest absolute Gasteiger partial charge is 0.305 e. The molecule has 0 aromatic heterocycles. The van der Waals surface area contributed by atoms with Crippen molar-refractivity contribution in [1.82, 2.24) is 0 Å². The van der Waals surface area contributed by atoms with Gasteiger partial charge in [0.2, 0.25) is 0 Å². The summed E-state index contributed by atoms with van der Waals surface area (Å²) < 4.78 is 21.9. The summed E-state index contributed by atoms with van der Waals surface area (Å²) in [5.41, 5.74) is -0.264. The fourth-order valence-corrected chi connectivity index (χ4v) is 9.40. The quantitative estimate of drug-likeness (QED) is 0.248. The van der Waals surface area contributed by atoms with Gasteiger partial charge in [-0.25, -0.2) is 0 Å². The standard InChI is InChI=1S/C28H42O8/c1-17(5-8-25(32)33-4)20-6-7-21-26-22(13-24(36-16-31)28(20,21)3)27(2)10-9-19(34-14-29)11-18(27)12-23(26)35-15-30/h14-24,26H,5-13H2,1-4H3. The first-order valence-corrected chi connectivity index (χ1v) is 13.6. The monoisotopic (exact) mass is 506 g/mol. The van der Waals surface area contributed by atoms with Gasteiger partial charge in [0.15, 0.2) is 0 Å². The van der Waals surface area contributed by atoms with Crippen LogP contribution in [0.3, 0.4) is 0 Å². The van der Waals surface area contributed by atoms with Crippen molar-refractivity contribution in [2.75, 3.05) is 7.11 Å². The SMILES string of the molecule is COC(=O)CCC(C)C1CCC2C3C(OC=O)CC4CC(OC=O)CCC4(C)C3CC(OC=O)C12C. The van der Waals surface area contributed by atoms with E-state index >= 15 is 0 Å². The van der Waals surface area contributed by atoms with Gasteiger partial charge in [0.25, 0.3) is 19.4 Å². The van der Waals surface area contributed by atoms with Crippen LogP contribution < -0.4 is 0 Å². The van der Waals surface area contributed by atoms with Crippen LogP contribution in [-0.4, -0.2) is 50.8 Å². The Balaban J connectivity index is 1.66. The molecule has 0 saturated heterocycles. The van der Waals surface area contributed by atoms with Crippen LogP contribution in [0, 0.1) is 46.3 Å². The molecule has 36 heavy (non-hydrogen) atoms. The summed E-state index contributed by atoms with van der Waals surface area (Å²) in [6.07, 6.45) is 6.58. The first-order chi connectivity index (χ1) is 17.2. The molecule has 8 heteroatoms. The molecule has 4 fully saturated rings. The molecule has 0 aromatic rings. The van der Waals surface area contributed by atoms with Crippen LogP contribution in [0.5, 0.6) is 0 Å². The molecule has 0 aromatic carbocycles. The number of esters is 1. The van der Waals surface area contributed by atoms with Crippen molar-refractivity contribution in [2.45, 2.75) is 96.9 Å². The Morgan fingerprint density at radius 3 is 2.33 bits per heavy atom. The van der Waals surface area contributed by atoms with E-state index < -0.39 is 0 Å². The first kappa shape index (κ1) is 26.9. The third-order valence-electron chi connectivity index (χ3n) is 11.2. The summed E-state index contributed by atoms with van der Waals surface area (Å²) in [5, 5.41) is 0. The van der Waals surface area contributed by atoms with Gasteiger partial charge < -0.3 is 18.9 Å². The number of carbonyl (C=O) groups is 4. The molecule has 4 aliphatic carbocycles. The van der Waals surface area contributed by atoms with E-state index in [2.05, 4.69) is 20.8 Å². The Morgan fingerprint density at radius 2 is 1.67 bits per heavy atom. The van der Waals surface area contributed by atoms with E-state index in [1.807, 2.05) is 0 Å². The van der Waals surface area contributed by atoms with Crippen LogP contribution in [0.1, 0.15) is 78.6 Å².